The molecule has 0 spiro atoms. The van der Waals surface area contributed by atoms with Crippen LogP contribution in [-0.2, 0) is 16.6 Å². The third-order valence-electron chi connectivity index (χ3n) is 7.40. The number of pyridine rings is 1. The van der Waals surface area contributed by atoms with Crippen LogP contribution in [0.5, 0.6) is 0 Å². The Morgan fingerprint density at radius 2 is 1.96 bits per heavy atom. The van der Waals surface area contributed by atoms with E-state index in [1.807, 2.05) is 7.05 Å². The quantitative estimate of drug-likeness (QED) is 0.268. The lowest BCUT2D eigenvalue weighted by atomic mass is 10.1. The van der Waals surface area contributed by atoms with Crippen LogP contribution in [-0.4, -0.2) is 119 Å². The predicted octanol–water partition coefficient (Wildman–Crippen LogP) is 2.08. The fourth-order valence-corrected chi connectivity index (χ4v) is 7.82. The SMILES string of the molecule is CN(C)CCS(=O)(=O)n1nccc1Cn1c(=O)c(C(=O)N(C)C)cc2cnc(Nc3ccc(C4CN(C)CCS4)c(F)c3)nc21. The minimum absolute atomic E-state index is 0.0309. The lowest BCUT2D eigenvalue weighted by Gasteiger charge is -2.29. The van der Waals surface area contributed by atoms with Crippen LogP contribution < -0.4 is 10.9 Å². The standard InChI is InChI=1S/C29H36FN9O4S2/c1-35(2)11-13-45(42,43)39-21(8-9-32-39)17-38-26-19(14-23(28(38)41)27(40)36(3)4)16-31-29(34-26)33-20-6-7-22(24(30)15-20)25-18-37(5)10-12-44-25/h6-9,14-16,25H,10-13,17-18H2,1-5H3,(H,31,33,34). The van der Waals surface area contributed by atoms with Gasteiger partial charge in [-0.1, -0.05) is 6.07 Å². The van der Waals surface area contributed by atoms with Crippen LogP contribution in [0.15, 0.2) is 47.5 Å². The van der Waals surface area contributed by atoms with Crippen LogP contribution in [0.2, 0.25) is 0 Å². The highest BCUT2D eigenvalue weighted by molar-refractivity contribution is 7.99. The molecule has 13 nitrogen and oxygen atoms in total. The number of thioether (sulfide) groups is 1. The number of hydrogen-bond donors (Lipinski definition) is 1. The van der Waals surface area contributed by atoms with Crippen molar-refractivity contribution in [3.63, 3.8) is 0 Å². The van der Waals surface area contributed by atoms with Crippen molar-refractivity contribution in [1.29, 1.82) is 0 Å². The van der Waals surface area contributed by atoms with Gasteiger partial charge in [-0.25, -0.2) is 17.8 Å². The van der Waals surface area contributed by atoms with Crippen LogP contribution in [0.25, 0.3) is 11.0 Å². The van der Waals surface area contributed by atoms with Gasteiger partial charge in [-0.05, 0) is 45.4 Å². The van der Waals surface area contributed by atoms with Crippen molar-refractivity contribution < 1.29 is 17.6 Å². The molecule has 1 saturated heterocycles. The Bertz CT molecular complexity index is 1890. The second kappa shape index (κ2) is 13.2. The molecule has 4 aromatic rings. The van der Waals surface area contributed by atoms with Gasteiger partial charge in [0.15, 0.2) is 0 Å². The Morgan fingerprint density at radius 1 is 1.18 bits per heavy atom. The van der Waals surface area contributed by atoms with Crippen molar-refractivity contribution in [3.05, 3.63) is 75.7 Å². The van der Waals surface area contributed by atoms with Crippen molar-refractivity contribution in [2.75, 3.05) is 71.7 Å². The van der Waals surface area contributed by atoms with E-state index in [0.717, 1.165) is 22.9 Å². The highest BCUT2D eigenvalue weighted by Crippen LogP contribution is 2.35. The molecule has 1 aliphatic rings. The largest absolute Gasteiger partial charge is 0.345 e. The Kier molecular flexibility index (Phi) is 9.57. The van der Waals surface area contributed by atoms with Crippen molar-refractivity contribution in [2.24, 2.45) is 0 Å². The average Bonchev–Trinajstić information content (AvgIpc) is 3.47. The Hall–Kier alpha value is -3.86. The lowest BCUT2D eigenvalue weighted by molar-refractivity contribution is 0.0825. The monoisotopic (exact) mass is 657 g/mol. The zero-order valence-electron chi connectivity index (χ0n) is 25.8. The molecule has 3 aromatic heterocycles. The van der Waals surface area contributed by atoms with E-state index in [-0.39, 0.29) is 52.8 Å². The molecular formula is C29H36FN9O4S2. The van der Waals surface area contributed by atoms with Gasteiger partial charge in [0, 0.05) is 67.6 Å². The Morgan fingerprint density at radius 3 is 2.64 bits per heavy atom. The zero-order chi connectivity index (χ0) is 32.5. The summed E-state index contributed by atoms with van der Waals surface area (Å²) in [6, 6.07) is 7.81. The topological polar surface area (TPSA) is 139 Å². The van der Waals surface area contributed by atoms with Gasteiger partial charge in [0.1, 0.15) is 17.0 Å². The van der Waals surface area contributed by atoms with Crippen LogP contribution in [0.1, 0.15) is 26.9 Å². The van der Waals surface area contributed by atoms with E-state index in [0.29, 0.717) is 16.6 Å². The molecule has 1 amide bonds. The molecule has 240 valence electrons. The first-order valence-corrected chi connectivity index (χ1v) is 16.9. The molecule has 1 fully saturated rings. The summed E-state index contributed by atoms with van der Waals surface area (Å²) >= 11 is 1.73. The van der Waals surface area contributed by atoms with Gasteiger partial charge < -0.3 is 20.0 Å². The number of likely N-dealkylation sites (N-methyl/N-ethyl adjacent to an activating group) is 1. The first kappa shape index (κ1) is 32.5. The molecule has 45 heavy (non-hydrogen) atoms. The molecule has 1 N–H and O–H groups in total. The van der Waals surface area contributed by atoms with Crippen molar-refractivity contribution in [1.82, 2.24) is 38.4 Å². The van der Waals surface area contributed by atoms with Crippen molar-refractivity contribution in [3.8, 4) is 0 Å². The zero-order valence-corrected chi connectivity index (χ0v) is 27.4. The molecule has 5 rings (SSSR count). The van der Waals surface area contributed by atoms with Crippen LogP contribution >= 0.6 is 11.8 Å². The number of carbonyl (C=O) groups excluding carboxylic acids is 1. The fourth-order valence-electron chi connectivity index (χ4n) is 4.95. The third-order valence-corrected chi connectivity index (χ3v) is 10.2. The minimum Gasteiger partial charge on any atom is -0.345 e. The number of nitrogens with zero attached hydrogens (tertiary/aromatic N) is 8. The third kappa shape index (κ3) is 7.19. The molecule has 1 aliphatic heterocycles. The van der Waals surface area contributed by atoms with E-state index in [1.165, 1.54) is 54.2 Å². The summed E-state index contributed by atoms with van der Waals surface area (Å²) in [4.78, 5) is 40.8. The Labute approximate surface area is 265 Å². The highest BCUT2D eigenvalue weighted by atomic mass is 32.2. The molecular weight excluding hydrogens is 622 g/mol. The first-order chi connectivity index (χ1) is 21.3. The van der Waals surface area contributed by atoms with E-state index in [4.69, 9.17) is 0 Å². The van der Waals surface area contributed by atoms with E-state index < -0.39 is 21.5 Å². The number of carbonyl (C=O) groups is 1. The number of halogens is 1. The van der Waals surface area contributed by atoms with Gasteiger partial charge in [-0.3, -0.25) is 14.2 Å². The van der Waals surface area contributed by atoms with E-state index in [9.17, 15) is 18.0 Å². The predicted molar refractivity (Wildman–Crippen MR) is 173 cm³/mol. The number of hydrogen-bond acceptors (Lipinski definition) is 11. The van der Waals surface area contributed by atoms with Gasteiger partial charge in [0.05, 0.1) is 24.2 Å². The smallest absolute Gasteiger partial charge is 0.265 e. The number of benzene rings is 1. The molecule has 1 unspecified atom stereocenters. The summed E-state index contributed by atoms with van der Waals surface area (Å²) in [5.74, 6) is -0.0411. The number of rotatable bonds is 10. The fraction of sp³-hybridized carbons (Fsp3) is 0.414. The molecule has 1 atom stereocenters. The summed E-state index contributed by atoms with van der Waals surface area (Å²) in [6.07, 6.45) is 2.80. The Balaban J connectivity index is 1.53. The minimum atomic E-state index is -3.85. The van der Waals surface area contributed by atoms with E-state index in [1.54, 1.807) is 42.9 Å². The summed E-state index contributed by atoms with van der Waals surface area (Å²) < 4.78 is 43.6. The molecule has 0 aliphatic carbocycles. The molecule has 1 aromatic carbocycles. The van der Waals surface area contributed by atoms with Crippen LogP contribution in [0.3, 0.4) is 0 Å². The van der Waals surface area contributed by atoms with Crippen molar-refractivity contribution >= 4 is 50.4 Å². The molecule has 4 heterocycles. The number of fused-ring (bicyclic) bond motifs is 1. The lowest BCUT2D eigenvalue weighted by Crippen LogP contribution is -2.34. The summed E-state index contributed by atoms with van der Waals surface area (Å²) in [5, 5.41) is 7.44. The number of aromatic nitrogens is 5. The van der Waals surface area contributed by atoms with Crippen LogP contribution in [0.4, 0.5) is 16.0 Å². The maximum Gasteiger partial charge on any atom is 0.265 e. The summed E-state index contributed by atoms with van der Waals surface area (Å²) in [5.41, 5.74) is 0.634. The van der Waals surface area contributed by atoms with Gasteiger partial charge in [-0.2, -0.15) is 25.9 Å². The molecule has 0 saturated carbocycles. The van der Waals surface area contributed by atoms with Crippen molar-refractivity contribution in [2.45, 2.75) is 11.8 Å². The summed E-state index contributed by atoms with van der Waals surface area (Å²) in [6.45, 7) is 1.76. The van der Waals surface area contributed by atoms with Gasteiger partial charge >= 0.3 is 0 Å². The maximum absolute atomic E-state index is 15.2. The van der Waals surface area contributed by atoms with Gasteiger partial charge in [-0.15, -0.1) is 0 Å². The summed E-state index contributed by atoms with van der Waals surface area (Å²) in [7, 11) is 4.76. The second-order valence-corrected chi connectivity index (χ2v) is 14.6. The average molecular weight is 658 g/mol. The maximum atomic E-state index is 15.2. The van der Waals surface area contributed by atoms with Gasteiger partial charge in [0.2, 0.25) is 5.95 Å². The first-order valence-electron chi connectivity index (χ1n) is 14.2. The number of nitrogens with one attached hydrogen (secondary N) is 1. The van der Waals surface area contributed by atoms with Crippen LogP contribution in [0, 0.1) is 5.82 Å². The molecule has 0 radical (unpaired) electrons. The van der Waals surface area contributed by atoms with E-state index >= 15 is 4.39 Å². The molecule has 0 bridgehead atoms. The normalized spacial score (nSPS) is 15.9. The molecule has 16 heteroatoms. The number of amides is 1. The highest BCUT2D eigenvalue weighted by Gasteiger charge is 2.24. The number of anilines is 2. The van der Waals surface area contributed by atoms with Gasteiger partial charge in [0.25, 0.3) is 21.5 Å². The van der Waals surface area contributed by atoms with E-state index in [2.05, 4.69) is 25.3 Å². The second-order valence-electron chi connectivity index (χ2n) is 11.4.